The molecule has 0 fully saturated rings. The van der Waals surface area contributed by atoms with E-state index in [2.05, 4.69) is 12.6 Å². The van der Waals surface area contributed by atoms with Crippen molar-refractivity contribution >= 4 is 99.5 Å². The van der Waals surface area contributed by atoms with E-state index in [0.717, 1.165) is 0 Å². The van der Waals surface area contributed by atoms with Crippen LogP contribution in [0.1, 0.15) is 0 Å². The molecule has 3 nitrogen and oxygen atoms in total. The van der Waals surface area contributed by atoms with Gasteiger partial charge >= 0.3 is 86.9 Å². The van der Waals surface area contributed by atoms with Gasteiger partial charge in [-0.3, -0.25) is 4.79 Å². The molecule has 0 aliphatic carbocycles. The second-order valence-electron chi connectivity index (χ2n) is 1.13. The molecule has 0 aromatic rings. The zero-order valence-corrected chi connectivity index (χ0v) is 4.56. The predicted octanol–water partition coefficient (Wildman–Crippen LogP) is -1.97. The third-order valence-corrected chi connectivity index (χ3v) is 0.907. The molecule has 0 aromatic carbocycles. The van der Waals surface area contributed by atoms with Crippen LogP contribution in [-0.2, 0) is 4.79 Å². The first-order valence-electron chi connectivity index (χ1n) is 1.77. The molecule has 9 heavy (non-hydrogen) atoms. The SMILES string of the molecule is NC(CS)C(=O)O.[KH].[NaH]. The molecule has 0 aromatic heterocycles. The number of carboxylic acids is 1. The second kappa shape index (κ2) is 10.4. The van der Waals surface area contributed by atoms with Crippen molar-refractivity contribution in [2.45, 2.75) is 6.04 Å². The molecule has 6 heteroatoms. The number of carboxylic acid groups (broad SMARTS) is 1. The van der Waals surface area contributed by atoms with Gasteiger partial charge in [-0.1, -0.05) is 0 Å². The standard InChI is InChI=1S/C3H7NO2S.K.Na.2H/c4-2(1-7)3(5)6;;;;/h2,7H,1,4H2,(H,5,6);;;;. The van der Waals surface area contributed by atoms with E-state index < -0.39 is 12.0 Å². The summed E-state index contributed by atoms with van der Waals surface area (Å²) in [7, 11) is 0. The number of hydrogen-bond donors (Lipinski definition) is 3. The normalized spacial score (nSPS) is 10.4. The van der Waals surface area contributed by atoms with Crippen molar-refractivity contribution in [3.8, 4) is 0 Å². The Morgan fingerprint density at radius 3 is 2.11 bits per heavy atom. The van der Waals surface area contributed by atoms with Gasteiger partial charge in [-0.2, -0.15) is 12.6 Å². The van der Waals surface area contributed by atoms with Crippen molar-refractivity contribution in [2.24, 2.45) is 5.73 Å². The van der Waals surface area contributed by atoms with Gasteiger partial charge in [-0.25, -0.2) is 0 Å². The summed E-state index contributed by atoms with van der Waals surface area (Å²) < 4.78 is 0. The average molecular weight is 185 g/mol. The molecular weight excluding hydrogens is 176 g/mol. The first-order valence-corrected chi connectivity index (χ1v) is 2.41. The predicted molar refractivity (Wildman–Crippen MR) is 43.8 cm³/mol. The molecule has 3 N–H and O–H groups in total. The Balaban J connectivity index is -0.000000180. The number of aliphatic carboxylic acids is 1. The third kappa shape index (κ3) is 10.4. The van der Waals surface area contributed by atoms with Crippen molar-refractivity contribution in [1.29, 1.82) is 0 Å². The molecule has 0 rings (SSSR count). The second-order valence-corrected chi connectivity index (χ2v) is 1.49. The summed E-state index contributed by atoms with van der Waals surface area (Å²) in [6.45, 7) is 0. The molecule has 46 valence electrons. The van der Waals surface area contributed by atoms with Gasteiger partial charge < -0.3 is 10.8 Å². The fourth-order valence-corrected chi connectivity index (χ4v) is 0.234. The molecule has 0 bridgehead atoms. The number of carbonyl (C=O) groups is 1. The van der Waals surface area contributed by atoms with Crippen molar-refractivity contribution < 1.29 is 9.90 Å². The fourth-order valence-electron chi connectivity index (χ4n) is 0.0781. The van der Waals surface area contributed by atoms with Crippen molar-refractivity contribution in [2.75, 3.05) is 5.75 Å². The Morgan fingerprint density at radius 1 is 1.78 bits per heavy atom. The van der Waals surface area contributed by atoms with Crippen LogP contribution in [-0.4, -0.2) is 104 Å². The number of rotatable bonds is 2. The van der Waals surface area contributed by atoms with Gasteiger partial charge in [0.2, 0.25) is 0 Å². The monoisotopic (exact) mass is 185 g/mol. The molecule has 0 amide bonds. The van der Waals surface area contributed by atoms with Crippen LogP contribution in [0.2, 0.25) is 0 Å². The quantitative estimate of drug-likeness (QED) is 0.345. The molecule has 0 spiro atoms. The van der Waals surface area contributed by atoms with E-state index in [1.807, 2.05) is 0 Å². The maximum atomic E-state index is 9.76. The van der Waals surface area contributed by atoms with Crippen LogP contribution in [0.25, 0.3) is 0 Å². The van der Waals surface area contributed by atoms with Crippen LogP contribution in [0.5, 0.6) is 0 Å². The molecule has 1 unspecified atom stereocenters. The van der Waals surface area contributed by atoms with Gasteiger partial charge in [0.25, 0.3) is 0 Å². The van der Waals surface area contributed by atoms with E-state index in [-0.39, 0.29) is 86.7 Å². The Bertz CT molecular complexity index is 84.2. The number of hydrogen-bond acceptors (Lipinski definition) is 3. The van der Waals surface area contributed by atoms with E-state index in [0.29, 0.717) is 0 Å². The van der Waals surface area contributed by atoms with Gasteiger partial charge in [-0.15, -0.1) is 0 Å². The molecule has 0 saturated carbocycles. The Morgan fingerprint density at radius 2 is 2.11 bits per heavy atom. The summed E-state index contributed by atoms with van der Waals surface area (Å²) >= 11 is 3.65. The zero-order chi connectivity index (χ0) is 5.86. The molecule has 0 aliphatic rings. The first-order chi connectivity index (χ1) is 3.18. The van der Waals surface area contributed by atoms with Gasteiger partial charge in [0.05, 0.1) is 0 Å². The van der Waals surface area contributed by atoms with E-state index in [4.69, 9.17) is 10.8 Å². The Labute approximate surface area is 124 Å². The minimum absolute atomic E-state index is 0. The van der Waals surface area contributed by atoms with Crippen LogP contribution in [0, 0.1) is 0 Å². The molecule has 1 atom stereocenters. The molecule has 0 radical (unpaired) electrons. The van der Waals surface area contributed by atoms with Gasteiger partial charge in [-0.05, 0) is 0 Å². The summed E-state index contributed by atoms with van der Waals surface area (Å²) in [6.07, 6.45) is 0. The molecule has 0 aliphatic heterocycles. The van der Waals surface area contributed by atoms with Crippen LogP contribution in [0.15, 0.2) is 0 Å². The summed E-state index contributed by atoms with van der Waals surface area (Å²) in [6, 6.07) is -0.816. The first kappa shape index (κ1) is 17.5. The average Bonchev–Trinajstić information content (AvgIpc) is 1.65. The molecular formula is C3H9KNNaO2S. The van der Waals surface area contributed by atoms with E-state index in [9.17, 15) is 4.79 Å². The van der Waals surface area contributed by atoms with Crippen LogP contribution < -0.4 is 5.73 Å². The Kier molecular flexibility index (Phi) is 20.2. The van der Waals surface area contributed by atoms with Gasteiger partial charge in [0.15, 0.2) is 0 Å². The zero-order valence-electron chi connectivity index (χ0n) is 3.66. The van der Waals surface area contributed by atoms with Crippen LogP contribution in [0.3, 0.4) is 0 Å². The maximum absolute atomic E-state index is 9.76. The van der Waals surface area contributed by atoms with E-state index >= 15 is 0 Å². The van der Waals surface area contributed by atoms with Gasteiger partial charge in [0, 0.05) is 5.75 Å². The minimum atomic E-state index is -1.00. The Hall–Kier alpha value is 2.42. The van der Waals surface area contributed by atoms with Crippen molar-refractivity contribution in [3.63, 3.8) is 0 Å². The molecule has 0 saturated heterocycles. The van der Waals surface area contributed by atoms with Crippen molar-refractivity contribution in [3.05, 3.63) is 0 Å². The molecule has 0 heterocycles. The third-order valence-electron chi connectivity index (χ3n) is 0.514. The topological polar surface area (TPSA) is 63.3 Å². The van der Waals surface area contributed by atoms with E-state index in [1.54, 1.807) is 0 Å². The summed E-state index contributed by atoms with van der Waals surface area (Å²) in [5.41, 5.74) is 4.94. The number of thiol groups is 1. The number of nitrogens with two attached hydrogens (primary N) is 1. The summed E-state index contributed by atoms with van der Waals surface area (Å²) in [5.74, 6) is -0.815. The van der Waals surface area contributed by atoms with Crippen LogP contribution in [0.4, 0.5) is 0 Å². The van der Waals surface area contributed by atoms with E-state index in [1.165, 1.54) is 0 Å². The summed E-state index contributed by atoms with van der Waals surface area (Å²) in [5, 5.41) is 8.01. The fraction of sp³-hybridized carbons (Fsp3) is 0.667. The summed E-state index contributed by atoms with van der Waals surface area (Å²) in [4.78, 5) is 9.76. The van der Waals surface area contributed by atoms with Gasteiger partial charge in [0.1, 0.15) is 6.04 Å². The van der Waals surface area contributed by atoms with Crippen LogP contribution >= 0.6 is 12.6 Å². The van der Waals surface area contributed by atoms with Crippen molar-refractivity contribution in [1.82, 2.24) is 0 Å².